The number of rotatable bonds is 7. The molecular formula is C33H45ClN4O4. The number of carbonyl (C=O) groups excluding carboxylic acids is 3. The van der Waals surface area contributed by atoms with Crippen molar-refractivity contribution >= 4 is 35.0 Å². The molecule has 0 radical (unpaired) electrons. The molecule has 2 bridgehead atoms. The number of amides is 3. The van der Waals surface area contributed by atoms with Gasteiger partial charge in [-0.05, 0) is 68.8 Å². The van der Waals surface area contributed by atoms with Gasteiger partial charge in [0.2, 0.25) is 17.7 Å². The van der Waals surface area contributed by atoms with Gasteiger partial charge in [-0.1, -0.05) is 69.4 Å². The van der Waals surface area contributed by atoms with Crippen LogP contribution in [-0.4, -0.2) is 77.5 Å². The largest absolute Gasteiger partial charge is 0.359 e. The molecule has 3 saturated heterocycles. The first-order chi connectivity index (χ1) is 20.2. The van der Waals surface area contributed by atoms with Gasteiger partial charge in [-0.3, -0.25) is 14.4 Å². The number of aryl methyl sites for hydroxylation is 1. The molecule has 1 aromatic carbocycles. The van der Waals surface area contributed by atoms with Gasteiger partial charge in [0, 0.05) is 29.8 Å². The van der Waals surface area contributed by atoms with Crippen LogP contribution in [0.15, 0.2) is 30.4 Å². The Morgan fingerprint density at radius 1 is 1.05 bits per heavy atom. The number of carbonyl (C=O) groups is 3. The van der Waals surface area contributed by atoms with Crippen LogP contribution in [0.1, 0.15) is 64.4 Å². The molecule has 1 aromatic rings. The molecule has 6 rings (SSSR count). The van der Waals surface area contributed by atoms with Crippen LogP contribution >= 0.6 is 11.6 Å². The third-order valence-corrected chi connectivity index (χ3v) is 11.2. The molecule has 2 N–H and O–H groups in total. The van der Waals surface area contributed by atoms with Crippen LogP contribution in [-0.2, 0) is 19.1 Å². The summed E-state index contributed by atoms with van der Waals surface area (Å²) in [6, 6.07) is 4.65. The average molecular weight is 597 g/mol. The van der Waals surface area contributed by atoms with E-state index < -0.39 is 29.6 Å². The molecule has 5 aliphatic rings. The van der Waals surface area contributed by atoms with Crippen molar-refractivity contribution in [2.75, 3.05) is 31.5 Å². The fourth-order valence-electron chi connectivity index (χ4n) is 8.06. The van der Waals surface area contributed by atoms with E-state index in [1.807, 2.05) is 31.2 Å². The van der Waals surface area contributed by atoms with Crippen LogP contribution in [0.2, 0.25) is 5.02 Å². The molecule has 228 valence electrons. The van der Waals surface area contributed by atoms with Crippen LogP contribution in [0.4, 0.5) is 5.69 Å². The van der Waals surface area contributed by atoms with Crippen LogP contribution in [0, 0.1) is 30.6 Å². The smallest absolute Gasteiger partial charge is 0.246 e. The van der Waals surface area contributed by atoms with E-state index in [1.54, 1.807) is 11.0 Å². The Hall–Kier alpha value is -2.42. The van der Waals surface area contributed by atoms with Crippen molar-refractivity contribution in [3.63, 3.8) is 0 Å². The highest BCUT2D eigenvalue weighted by Crippen LogP contribution is 2.55. The van der Waals surface area contributed by atoms with Crippen LogP contribution in [0.5, 0.6) is 0 Å². The molecule has 3 amide bonds. The third kappa shape index (κ3) is 5.28. The topological polar surface area (TPSA) is 91.0 Å². The Morgan fingerprint density at radius 3 is 2.55 bits per heavy atom. The maximum absolute atomic E-state index is 14.3. The molecule has 1 aliphatic carbocycles. The Labute approximate surface area is 254 Å². The predicted octanol–water partition coefficient (Wildman–Crippen LogP) is 4.55. The average Bonchev–Trinajstić information content (AvgIpc) is 3.51. The summed E-state index contributed by atoms with van der Waals surface area (Å²) >= 11 is 6.32. The lowest BCUT2D eigenvalue weighted by Crippen LogP contribution is -2.58. The van der Waals surface area contributed by atoms with Crippen molar-refractivity contribution < 1.29 is 19.1 Å². The lowest BCUT2D eigenvalue weighted by atomic mass is 9.73. The number of benzene rings is 1. The van der Waals surface area contributed by atoms with Gasteiger partial charge < -0.3 is 25.2 Å². The zero-order valence-electron chi connectivity index (χ0n) is 25.1. The molecule has 1 spiro atoms. The number of ether oxygens (including phenoxy) is 1. The Morgan fingerprint density at radius 2 is 1.81 bits per heavy atom. The van der Waals surface area contributed by atoms with Gasteiger partial charge in [-0.15, -0.1) is 0 Å². The Kier molecular flexibility index (Phi) is 8.42. The van der Waals surface area contributed by atoms with Crippen LogP contribution in [0.25, 0.3) is 0 Å². The summed E-state index contributed by atoms with van der Waals surface area (Å²) < 4.78 is 6.55. The second kappa shape index (κ2) is 11.9. The summed E-state index contributed by atoms with van der Waals surface area (Å²) in [5.41, 5.74) is 0.345. The summed E-state index contributed by atoms with van der Waals surface area (Å²) in [6.45, 7) is 9.53. The highest BCUT2D eigenvalue weighted by Gasteiger charge is 2.72. The van der Waals surface area contributed by atoms with E-state index in [2.05, 4.69) is 29.4 Å². The van der Waals surface area contributed by atoms with Crippen molar-refractivity contribution in [2.45, 2.75) is 89.5 Å². The van der Waals surface area contributed by atoms with Gasteiger partial charge in [-0.2, -0.15) is 0 Å². The number of anilines is 1. The highest BCUT2D eigenvalue weighted by molar-refractivity contribution is 6.31. The number of likely N-dealkylation sites (tertiary alicyclic amines) is 2. The number of hydrogen-bond acceptors (Lipinski definition) is 5. The predicted molar refractivity (Wildman–Crippen MR) is 163 cm³/mol. The normalized spacial score (nSPS) is 36.1. The minimum atomic E-state index is -1.15. The van der Waals surface area contributed by atoms with Gasteiger partial charge in [-0.25, -0.2) is 0 Å². The van der Waals surface area contributed by atoms with Gasteiger partial charge in [0.15, 0.2) is 0 Å². The molecule has 4 heterocycles. The van der Waals surface area contributed by atoms with Crippen molar-refractivity contribution in [1.29, 1.82) is 0 Å². The van der Waals surface area contributed by atoms with Gasteiger partial charge in [0.05, 0.1) is 17.9 Å². The molecule has 42 heavy (non-hydrogen) atoms. The molecule has 4 fully saturated rings. The first kappa shape index (κ1) is 29.6. The van der Waals surface area contributed by atoms with E-state index in [-0.39, 0.29) is 23.8 Å². The standard InChI is InChI=1S/C33H45ClN4O4/c1-20-9-8-10-25(22(20)3)36-31(40)29-33-14-13-26(42-33)27(30(39)35-23-12-11-21(2)24(34)19-23)28(33)32(41)38(29)18-17-37-15-6-4-5-7-16-37/h11-14,19-20,22,25-29H,4-10,15-18H2,1-3H3,(H,35,39)(H,36,40)/t20-,22-,25+,26-,27+,28-,29-,33-/m0/s1. The minimum absolute atomic E-state index is 0.0622. The maximum Gasteiger partial charge on any atom is 0.246 e. The fraction of sp³-hybridized carbons (Fsp3) is 0.667. The zero-order valence-corrected chi connectivity index (χ0v) is 25.9. The number of fused-ring (bicyclic) bond motifs is 1. The second-order valence-corrected chi connectivity index (χ2v) is 13.7. The molecule has 0 unspecified atom stereocenters. The Bertz CT molecular complexity index is 1250. The van der Waals surface area contributed by atoms with Crippen molar-refractivity contribution in [3.05, 3.63) is 40.9 Å². The van der Waals surface area contributed by atoms with E-state index in [4.69, 9.17) is 16.3 Å². The van der Waals surface area contributed by atoms with Crippen molar-refractivity contribution in [1.82, 2.24) is 15.1 Å². The first-order valence-electron chi connectivity index (χ1n) is 16.0. The van der Waals surface area contributed by atoms with E-state index in [0.29, 0.717) is 35.6 Å². The number of halogens is 1. The van der Waals surface area contributed by atoms with E-state index >= 15 is 0 Å². The zero-order chi connectivity index (χ0) is 29.6. The molecule has 0 aromatic heterocycles. The van der Waals surface area contributed by atoms with Crippen molar-refractivity contribution in [2.24, 2.45) is 23.7 Å². The molecule has 8 atom stereocenters. The summed E-state index contributed by atoms with van der Waals surface area (Å²) in [5, 5.41) is 6.89. The quantitative estimate of drug-likeness (QED) is 0.451. The molecule has 4 aliphatic heterocycles. The molecule has 8 nitrogen and oxygen atoms in total. The molecule has 1 saturated carbocycles. The fourth-order valence-corrected chi connectivity index (χ4v) is 8.24. The van der Waals surface area contributed by atoms with Crippen LogP contribution < -0.4 is 10.6 Å². The van der Waals surface area contributed by atoms with Gasteiger partial charge in [0.1, 0.15) is 11.6 Å². The third-order valence-electron chi connectivity index (χ3n) is 10.8. The Balaban J connectivity index is 1.27. The van der Waals surface area contributed by atoms with Gasteiger partial charge in [0.25, 0.3) is 0 Å². The second-order valence-electron chi connectivity index (χ2n) is 13.3. The van der Waals surface area contributed by atoms with E-state index in [1.165, 1.54) is 19.3 Å². The summed E-state index contributed by atoms with van der Waals surface area (Å²) in [6.07, 6.45) is 11.2. The monoisotopic (exact) mass is 596 g/mol. The van der Waals surface area contributed by atoms with E-state index in [0.717, 1.165) is 44.3 Å². The van der Waals surface area contributed by atoms with Crippen molar-refractivity contribution in [3.8, 4) is 0 Å². The van der Waals surface area contributed by atoms with Gasteiger partial charge >= 0.3 is 0 Å². The summed E-state index contributed by atoms with van der Waals surface area (Å²) in [7, 11) is 0. The molecular weight excluding hydrogens is 552 g/mol. The van der Waals surface area contributed by atoms with E-state index in [9.17, 15) is 14.4 Å². The summed E-state index contributed by atoms with van der Waals surface area (Å²) in [5.74, 6) is -1.21. The number of nitrogens with one attached hydrogen (secondary N) is 2. The minimum Gasteiger partial charge on any atom is -0.359 e. The first-order valence-corrected chi connectivity index (χ1v) is 16.3. The van der Waals surface area contributed by atoms with Crippen LogP contribution in [0.3, 0.4) is 0 Å². The maximum atomic E-state index is 14.3. The summed E-state index contributed by atoms with van der Waals surface area (Å²) in [4.78, 5) is 46.5. The number of hydrogen-bond donors (Lipinski definition) is 2. The SMILES string of the molecule is Cc1ccc(NC(=O)[C@@H]2[C@@H]3C=C[C@]4(O3)[C@@H]2C(=O)N(CCN2CCCCCC2)[C@H]4C(=O)N[C@@H]2CCC[C@H](C)[C@@H]2C)cc1Cl. The molecule has 9 heteroatoms. The lowest BCUT2D eigenvalue weighted by molar-refractivity contribution is -0.141. The lowest BCUT2D eigenvalue weighted by Gasteiger charge is -2.38. The number of nitrogens with zero attached hydrogens (tertiary/aromatic N) is 2. The highest BCUT2D eigenvalue weighted by atomic mass is 35.5.